The summed E-state index contributed by atoms with van der Waals surface area (Å²) in [6.07, 6.45) is 3.58. The summed E-state index contributed by atoms with van der Waals surface area (Å²) in [5.41, 5.74) is 1.17. The van der Waals surface area contributed by atoms with Gasteiger partial charge < -0.3 is 10.6 Å². The summed E-state index contributed by atoms with van der Waals surface area (Å²) < 4.78 is 0. The van der Waals surface area contributed by atoms with Crippen molar-refractivity contribution in [3.8, 4) is 0 Å². The number of urea groups is 2. The van der Waals surface area contributed by atoms with Crippen LogP contribution in [-0.4, -0.2) is 57.3 Å². The van der Waals surface area contributed by atoms with Crippen LogP contribution in [0, 0.1) is 5.92 Å². The number of nitrogens with one attached hydrogen (secondary N) is 3. The Kier molecular flexibility index (Phi) is 5.85. The minimum atomic E-state index is -1.14. The van der Waals surface area contributed by atoms with Gasteiger partial charge in [0.2, 0.25) is 0 Å². The fourth-order valence-electron chi connectivity index (χ4n) is 4.72. The third kappa shape index (κ3) is 4.29. The summed E-state index contributed by atoms with van der Waals surface area (Å²) in [6.45, 7) is 3.13. The Morgan fingerprint density at radius 1 is 1.03 bits per heavy atom. The number of carbonyl (C=O) groups is 5. The van der Waals surface area contributed by atoms with Crippen molar-refractivity contribution in [2.45, 2.75) is 63.5 Å². The lowest BCUT2D eigenvalue weighted by molar-refractivity contribution is -0.141. The predicted octanol–water partition coefficient (Wildman–Crippen LogP) is 1.46. The Labute approximate surface area is 192 Å². The van der Waals surface area contributed by atoms with Gasteiger partial charge in [-0.1, -0.05) is 37.3 Å². The zero-order valence-corrected chi connectivity index (χ0v) is 18.8. The number of aryl methyl sites for hydroxylation is 1. The molecule has 4 rings (SSSR count). The Hall–Kier alpha value is -3.43. The lowest BCUT2D eigenvalue weighted by Crippen LogP contribution is -2.53. The van der Waals surface area contributed by atoms with Crippen LogP contribution in [0.3, 0.4) is 0 Å². The SMILES string of the molecule is CC1CCC2(CC1)NC(=O)N(NC(=O)CN1C(=O)N[C@](C)(CCc3ccccc3)C1=O)C2=O. The molecule has 10 nitrogen and oxygen atoms in total. The van der Waals surface area contributed by atoms with Gasteiger partial charge in [0.25, 0.3) is 17.7 Å². The molecule has 2 saturated heterocycles. The molecule has 3 aliphatic rings. The first-order chi connectivity index (χ1) is 15.6. The molecule has 2 aliphatic heterocycles. The van der Waals surface area contributed by atoms with E-state index in [1.165, 1.54) is 0 Å². The Morgan fingerprint density at radius 2 is 1.70 bits per heavy atom. The van der Waals surface area contributed by atoms with E-state index < -0.39 is 47.4 Å². The van der Waals surface area contributed by atoms with E-state index in [0.29, 0.717) is 36.6 Å². The van der Waals surface area contributed by atoms with E-state index in [1.54, 1.807) is 6.92 Å². The standard InChI is InChI=1S/C23H29N5O5/c1-15-8-12-23(13-9-15)19(31)28(21(33)25-23)26-17(29)14-27-18(30)22(2,24-20(27)32)11-10-16-6-4-3-5-7-16/h3-7,15H,8-14H2,1-2H3,(H,24,32)(H,25,33)(H,26,29)/t15?,22-,23?/m1/s1. The summed E-state index contributed by atoms with van der Waals surface area (Å²) in [6, 6.07) is 8.19. The molecule has 3 N–H and O–H groups in total. The lowest BCUT2D eigenvalue weighted by atomic mass is 9.77. The lowest BCUT2D eigenvalue weighted by Gasteiger charge is -2.33. The van der Waals surface area contributed by atoms with Gasteiger partial charge >= 0.3 is 12.1 Å². The van der Waals surface area contributed by atoms with Crippen LogP contribution < -0.4 is 16.1 Å². The van der Waals surface area contributed by atoms with E-state index in [9.17, 15) is 24.0 Å². The van der Waals surface area contributed by atoms with Crippen molar-refractivity contribution < 1.29 is 24.0 Å². The molecule has 33 heavy (non-hydrogen) atoms. The molecule has 176 valence electrons. The molecule has 1 saturated carbocycles. The predicted molar refractivity (Wildman–Crippen MR) is 117 cm³/mol. The molecule has 3 fully saturated rings. The van der Waals surface area contributed by atoms with E-state index in [1.807, 2.05) is 30.3 Å². The quantitative estimate of drug-likeness (QED) is 0.560. The normalized spacial score (nSPS) is 29.5. The molecular weight excluding hydrogens is 426 g/mol. The first kappa shape index (κ1) is 22.8. The van der Waals surface area contributed by atoms with Crippen molar-refractivity contribution in [3.63, 3.8) is 0 Å². The molecule has 1 atom stereocenters. The number of nitrogens with zero attached hydrogens (tertiary/aromatic N) is 2. The zero-order chi connectivity index (χ0) is 23.8. The van der Waals surface area contributed by atoms with Crippen LogP contribution in [0.2, 0.25) is 0 Å². The number of benzene rings is 1. The van der Waals surface area contributed by atoms with Gasteiger partial charge in [-0.3, -0.25) is 24.7 Å². The third-order valence-electron chi connectivity index (χ3n) is 6.93. The first-order valence-electron chi connectivity index (χ1n) is 11.3. The molecule has 0 aromatic heterocycles. The molecule has 2 heterocycles. The van der Waals surface area contributed by atoms with Crippen molar-refractivity contribution in [3.05, 3.63) is 35.9 Å². The van der Waals surface area contributed by atoms with Gasteiger partial charge in [-0.15, -0.1) is 0 Å². The Balaban J connectivity index is 1.36. The van der Waals surface area contributed by atoms with Gasteiger partial charge in [-0.05, 0) is 56.9 Å². The molecule has 10 heteroatoms. The number of rotatable bonds is 6. The smallest absolute Gasteiger partial charge is 0.323 e. The fourth-order valence-corrected chi connectivity index (χ4v) is 4.72. The summed E-state index contributed by atoms with van der Waals surface area (Å²) >= 11 is 0. The molecule has 1 aromatic carbocycles. The molecule has 1 aliphatic carbocycles. The monoisotopic (exact) mass is 455 g/mol. The largest absolute Gasteiger partial charge is 0.344 e. The second-order valence-electron chi connectivity index (χ2n) is 9.51. The van der Waals surface area contributed by atoms with Crippen LogP contribution in [0.5, 0.6) is 0 Å². The van der Waals surface area contributed by atoms with Gasteiger partial charge in [0.05, 0.1) is 0 Å². The van der Waals surface area contributed by atoms with Gasteiger partial charge in [-0.2, -0.15) is 5.01 Å². The minimum absolute atomic E-state index is 0.369. The molecule has 1 spiro atoms. The van der Waals surface area contributed by atoms with E-state index in [-0.39, 0.29) is 0 Å². The van der Waals surface area contributed by atoms with Crippen LogP contribution in [-0.2, 0) is 20.8 Å². The van der Waals surface area contributed by atoms with Gasteiger partial charge in [0.1, 0.15) is 17.6 Å². The van der Waals surface area contributed by atoms with Gasteiger partial charge in [0, 0.05) is 0 Å². The molecule has 0 bridgehead atoms. The Bertz CT molecular complexity index is 988. The molecule has 0 radical (unpaired) electrons. The summed E-state index contributed by atoms with van der Waals surface area (Å²) in [7, 11) is 0. The van der Waals surface area contributed by atoms with Crippen LogP contribution in [0.15, 0.2) is 30.3 Å². The van der Waals surface area contributed by atoms with Crippen LogP contribution in [0.1, 0.15) is 51.5 Å². The topological polar surface area (TPSA) is 128 Å². The number of carbonyl (C=O) groups excluding carboxylic acids is 5. The number of hydrazine groups is 1. The molecule has 1 aromatic rings. The van der Waals surface area contributed by atoms with Crippen LogP contribution in [0.4, 0.5) is 9.59 Å². The van der Waals surface area contributed by atoms with Crippen molar-refractivity contribution >= 4 is 29.8 Å². The minimum Gasteiger partial charge on any atom is -0.323 e. The number of hydrogen-bond acceptors (Lipinski definition) is 5. The second-order valence-corrected chi connectivity index (χ2v) is 9.51. The molecular formula is C23H29N5O5. The second kappa shape index (κ2) is 8.49. The maximum absolute atomic E-state index is 12.9. The highest BCUT2D eigenvalue weighted by Gasteiger charge is 2.53. The number of hydrogen-bond donors (Lipinski definition) is 3. The fraction of sp³-hybridized carbons (Fsp3) is 0.522. The van der Waals surface area contributed by atoms with Crippen molar-refractivity contribution in [1.29, 1.82) is 0 Å². The van der Waals surface area contributed by atoms with Crippen LogP contribution >= 0.6 is 0 Å². The van der Waals surface area contributed by atoms with E-state index in [2.05, 4.69) is 23.0 Å². The van der Waals surface area contributed by atoms with Crippen molar-refractivity contribution in [1.82, 2.24) is 26.0 Å². The van der Waals surface area contributed by atoms with E-state index >= 15 is 0 Å². The molecule has 7 amide bonds. The van der Waals surface area contributed by atoms with Crippen LogP contribution in [0.25, 0.3) is 0 Å². The average Bonchev–Trinajstić information content (AvgIpc) is 3.14. The Morgan fingerprint density at radius 3 is 2.36 bits per heavy atom. The number of imide groups is 2. The summed E-state index contributed by atoms with van der Waals surface area (Å²) in [4.78, 5) is 64.1. The average molecular weight is 456 g/mol. The summed E-state index contributed by atoms with van der Waals surface area (Å²) in [5.74, 6) is -1.35. The maximum Gasteiger partial charge on any atom is 0.344 e. The summed E-state index contributed by atoms with van der Waals surface area (Å²) in [5, 5.41) is 6.05. The third-order valence-corrected chi connectivity index (χ3v) is 6.93. The number of amides is 7. The highest BCUT2D eigenvalue weighted by molar-refractivity contribution is 6.10. The van der Waals surface area contributed by atoms with E-state index in [0.717, 1.165) is 23.3 Å². The molecule has 0 unspecified atom stereocenters. The zero-order valence-electron chi connectivity index (χ0n) is 18.8. The first-order valence-corrected chi connectivity index (χ1v) is 11.3. The van der Waals surface area contributed by atoms with Gasteiger partial charge in [-0.25, -0.2) is 9.59 Å². The van der Waals surface area contributed by atoms with Crippen molar-refractivity contribution in [2.75, 3.05) is 6.54 Å². The van der Waals surface area contributed by atoms with Gasteiger partial charge in [0.15, 0.2) is 0 Å². The highest BCUT2D eigenvalue weighted by atomic mass is 16.2. The van der Waals surface area contributed by atoms with E-state index in [4.69, 9.17) is 0 Å². The van der Waals surface area contributed by atoms with Crippen molar-refractivity contribution in [2.24, 2.45) is 5.92 Å². The highest BCUT2D eigenvalue weighted by Crippen LogP contribution is 2.35. The maximum atomic E-state index is 12.9.